The lowest BCUT2D eigenvalue weighted by atomic mass is 10.1. The van der Waals surface area contributed by atoms with E-state index in [1.54, 1.807) is 71.0 Å². The summed E-state index contributed by atoms with van der Waals surface area (Å²) in [6.07, 6.45) is 0.570. The Labute approximate surface area is 221 Å². The molecule has 4 rings (SSSR count). The van der Waals surface area contributed by atoms with Crippen LogP contribution in [0.4, 0.5) is 10.5 Å². The Hall–Kier alpha value is -4.66. The molecule has 9 heteroatoms. The zero-order chi connectivity index (χ0) is 27.4. The van der Waals surface area contributed by atoms with Gasteiger partial charge in [0.25, 0.3) is 0 Å². The van der Waals surface area contributed by atoms with E-state index in [4.69, 9.17) is 23.7 Å². The molecule has 4 aromatic rings. The van der Waals surface area contributed by atoms with Crippen molar-refractivity contribution in [3.8, 4) is 34.5 Å². The summed E-state index contributed by atoms with van der Waals surface area (Å²) >= 11 is 0. The lowest BCUT2D eigenvalue weighted by Crippen LogP contribution is -2.29. The molecule has 1 N–H and O–H groups in total. The van der Waals surface area contributed by atoms with Gasteiger partial charge in [0.1, 0.15) is 23.0 Å². The number of anilines is 1. The van der Waals surface area contributed by atoms with Gasteiger partial charge in [0.15, 0.2) is 11.5 Å². The van der Waals surface area contributed by atoms with Gasteiger partial charge in [-0.25, -0.2) is 4.79 Å². The first-order chi connectivity index (χ1) is 18.3. The van der Waals surface area contributed by atoms with E-state index < -0.39 is 6.09 Å². The second-order valence-electron chi connectivity index (χ2n) is 8.59. The molecule has 0 aliphatic carbocycles. The van der Waals surface area contributed by atoms with E-state index in [1.807, 2.05) is 26.0 Å². The molecule has 9 nitrogen and oxygen atoms in total. The van der Waals surface area contributed by atoms with Crippen LogP contribution in [-0.2, 0) is 6.54 Å². The van der Waals surface area contributed by atoms with Crippen LogP contribution in [0.15, 0.2) is 54.7 Å². The summed E-state index contributed by atoms with van der Waals surface area (Å²) in [6.45, 7) is 3.79. The molecule has 0 bridgehead atoms. The topological polar surface area (TPSA) is 99.6 Å². The normalized spacial score (nSPS) is 10.7. The van der Waals surface area contributed by atoms with E-state index in [-0.39, 0.29) is 6.54 Å². The number of hydrogen-bond acceptors (Lipinski definition) is 7. The fourth-order valence-electron chi connectivity index (χ4n) is 4.26. The largest absolute Gasteiger partial charge is 0.497 e. The van der Waals surface area contributed by atoms with Crippen molar-refractivity contribution in [2.45, 2.75) is 20.4 Å². The summed E-state index contributed by atoms with van der Waals surface area (Å²) in [4.78, 5) is 18.1. The molecule has 198 valence electrons. The molecule has 1 aromatic heterocycles. The maximum absolute atomic E-state index is 12.4. The lowest BCUT2D eigenvalue weighted by Gasteiger charge is -2.24. The monoisotopic (exact) mass is 518 g/mol. The number of amides is 1. The molecule has 0 saturated heterocycles. The number of ether oxygens (including phenoxy) is 5. The predicted octanol–water partition coefficient (Wildman–Crippen LogP) is 6.36. The van der Waals surface area contributed by atoms with E-state index in [2.05, 4.69) is 4.98 Å². The van der Waals surface area contributed by atoms with Gasteiger partial charge in [0.2, 0.25) is 0 Å². The molecule has 1 heterocycles. The average Bonchev–Trinajstić information content (AvgIpc) is 2.92. The van der Waals surface area contributed by atoms with Crippen LogP contribution in [0, 0.1) is 13.8 Å². The van der Waals surface area contributed by atoms with Crippen LogP contribution in [0.2, 0.25) is 0 Å². The van der Waals surface area contributed by atoms with Gasteiger partial charge in [0, 0.05) is 23.2 Å². The van der Waals surface area contributed by atoms with Crippen molar-refractivity contribution in [3.63, 3.8) is 0 Å². The highest BCUT2D eigenvalue weighted by Gasteiger charge is 2.21. The summed E-state index contributed by atoms with van der Waals surface area (Å²) in [5.41, 5.74) is 3.40. The Bertz CT molecular complexity index is 1490. The molecule has 3 aromatic carbocycles. The quantitative estimate of drug-likeness (QED) is 0.273. The molecule has 38 heavy (non-hydrogen) atoms. The first-order valence-electron chi connectivity index (χ1n) is 11.8. The minimum Gasteiger partial charge on any atom is -0.497 e. The van der Waals surface area contributed by atoms with E-state index >= 15 is 0 Å². The predicted molar refractivity (Wildman–Crippen MR) is 145 cm³/mol. The van der Waals surface area contributed by atoms with Crippen molar-refractivity contribution in [1.29, 1.82) is 0 Å². The van der Waals surface area contributed by atoms with E-state index in [0.29, 0.717) is 51.3 Å². The smallest absolute Gasteiger partial charge is 0.412 e. The highest BCUT2D eigenvalue weighted by molar-refractivity contribution is 5.89. The van der Waals surface area contributed by atoms with Crippen molar-refractivity contribution in [3.05, 3.63) is 71.4 Å². The summed E-state index contributed by atoms with van der Waals surface area (Å²) in [6, 6.07) is 14.3. The highest BCUT2D eigenvalue weighted by Crippen LogP contribution is 2.39. The second-order valence-corrected chi connectivity index (χ2v) is 8.59. The third-order valence-corrected chi connectivity index (χ3v) is 6.26. The Kier molecular flexibility index (Phi) is 7.76. The number of hydrogen-bond donors (Lipinski definition) is 1. The number of aromatic nitrogens is 1. The molecule has 0 aliphatic rings. The van der Waals surface area contributed by atoms with Crippen LogP contribution < -0.4 is 28.6 Å². The van der Waals surface area contributed by atoms with Gasteiger partial charge < -0.3 is 28.8 Å². The number of rotatable bonds is 9. The number of fused-ring (bicyclic) bond motifs is 1. The molecule has 0 aliphatic heterocycles. The third kappa shape index (κ3) is 5.22. The lowest BCUT2D eigenvalue weighted by molar-refractivity contribution is 0.201. The Balaban J connectivity index is 1.70. The number of carbonyl (C=O) groups is 1. The summed E-state index contributed by atoms with van der Waals surface area (Å²) in [5.74, 6) is 3.50. The molecular formula is C29H30N2O7. The fourth-order valence-corrected chi connectivity index (χ4v) is 4.26. The van der Waals surface area contributed by atoms with Crippen molar-refractivity contribution in [2.24, 2.45) is 0 Å². The van der Waals surface area contributed by atoms with E-state index in [0.717, 1.165) is 16.5 Å². The maximum atomic E-state index is 12.4. The van der Waals surface area contributed by atoms with Gasteiger partial charge in [-0.3, -0.25) is 9.88 Å². The molecule has 1 amide bonds. The number of nitrogens with zero attached hydrogens (tertiary/aromatic N) is 2. The van der Waals surface area contributed by atoms with Crippen LogP contribution in [0.1, 0.15) is 16.7 Å². The van der Waals surface area contributed by atoms with Crippen LogP contribution in [0.5, 0.6) is 34.5 Å². The van der Waals surface area contributed by atoms with Gasteiger partial charge in [-0.2, -0.15) is 0 Å². The van der Waals surface area contributed by atoms with Crippen LogP contribution in [-0.4, -0.2) is 44.6 Å². The first kappa shape index (κ1) is 26.4. The standard InChI is InChI=1S/C29H30N2O7/c1-17-12-26(38-25-9-10-30-22-15-28(37-6)27(36-5)14-21(22)25)18(2)11-23(17)31(29(32)33)16-19-13-20(34-3)7-8-24(19)35-4/h7-15H,16H2,1-6H3,(H,32,33). The van der Waals surface area contributed by atoms with E-state index in [1.165, 1.54) is 4.90 Å². The van der Waals surface area contributed by atoms with Crippen molar-refractivity contribution >= 4 is 22.7 Å². The van der Waals surface area contributed by atoms with Crippen LogP contribution in [0.25, 0.3) is 10.9 Å². The highest BCUT2D eigenvalue weighted by atomic mass is 16.5. The molecule has 0 radical (unpaired) electrons. The fraction of sp³-hybridized carbons (Fsp3) is 0.241. The van der Waals surface area contributed by atoms with Crippen molar-refractivity contribution < 1.29 is 33.6 Å². The molecular weight excluding hydrogens is 488 g/mol. The Morgan fingerprint density at radius 2 is 1.50 bits per heavy atom. The Morgan fingerprint density at radius 1 is 0.789 bits per heavy atom. The summed E-state index contributed by atoms with van der Waals surface area (Å²) in [7, 11) is 6.25. The Morgan fingerprint density at radius 3 is 2.16 bits per heavy atom. The molecule has 0 unspecified atom stereocenters. The average molecular weight is 519 g/mol. The maximum Gasteiger partial charge on any atom is 0.412 e. The second kappa shape index (κ2) is 11.2. The zero-order valence-electron chi connectivity index (χ0n) is 22.2. The third-order valence-electron chi connectivity index (χ3n) is 6.26. The number of carboxylic acid groups (broad SMARTS) is 1. The zero-order valence-corrected chi connectivity index (χ0v) is 22.2. The van der Waals surface area contributed by atoms with Gasteiger partial charge in [-0.15, -0.1) is 0 Å². The van der Waals surface area contributed by atoms with Gasteiger partial charge in [-0.05, 0) is 67.4 Å². The van der Waals surface area contributed by atoms with Crippen molar-refractivity contribution in [2.75, 3.05) is 33.3 Å². The number of pyridine rings is 1. The number of methoxy groups -OCH3 is 4. The number of benzene rings is 3. The van der Waals surface area contributed by atoms with Crippen LogP contribution >= 0.6 is 0 Å². The van der Waals surface area contributed by atoms with Gasteiger partial charge in [0.05, 0.1) is 46.2 Å². The minimum atomic E-state index is -1.09. The van der Waals surface area contributed by atoms with Crippen LogP contribution in [0.3, 0.4) is 0 Å². The molecule has 0 spiro atoms. The SMILES string of the molecule is COc1ccc(OC)c(CN(C(=O)O)c2cc(C)c(Oc3ccnc4cc(OC)c(OC)cc34)cc2C)c1. The summed E-state index contributed by atoms with van der Waals surface area (Å²) in [5, 5.41) is 10.9. The minimum absolute atomic E-state index is 0.0762. The van der Waals surface area contributed by atoms with Crippen molar-refractivity contribution in [1.82, 2.24) is 4.98 Å². The first-order valence-corrected chi connectivity index (χ1v) is 11.8. The number of aryl methyl sites for hydroxylation is 2. The van der Waals surface area contributed by atoms with E-state index in [9.17, 15) is 9.90 Å². The molecule has 0 saturated carbocycles. The van der Waals surface area contributed by atoms with Gasteiger partial charge in [-0.1, -0.05) is 0 Å². The summed E-state index contributed by atoms with van der Waals surface area (Å²) < 4.78 is 27.9. The molecule has 0 atom stereocenters. The van der Waals surface area contributed by atoms with Gasteiger partial charge >= 0.3 is 6.09 Å². The molecule has 0 fully saturated rings.